The highest BCUT2D eigenvalue weighted by molar-refractivity contribution is 5.90. The van der Waals surface area contributed by atoms with Gasteiger partial charge in [-0.25, -0.2) is 4.98 Å². The molecule has 2 aliphatic rings. The smallest absolute Gasteiger partial charge is 0.228 e. The van der Waals surface area contributed by atoms with Crippen molar-refractivity contribution in [3.63, 3.8) is 0 Å². The Balaban J connectivity index is 1.13. The Hall–Kier alpha value is -3.64. The molecule has 0 amide bonds. The summed E-state index contributed by atoms with van der Waals surface area (Å²) in [6, 6.07) is 30.3. The summed E-state index contributed by atoms with van der Waals surface area (Å²) in [5.74, 6) is 1.81. The van der Waals surface area contributed by atoms with Crippen molar-refractivity contribution in [2.75, 3.05) is 54.4 Å². The van der Waals surface area contributed by atoms with E-state index < -0.39 is 0 Å². The highest BCUT2D eigenvalue weighted by Gasteiger charge is 2.23. The Morgan fingerprint density at radius 1 is 0.667 bits per heavy atom. The van der Waals surface area contributed by atoms with Gasteiger partial charge in [-0.05, 0) is 42.7 Å². The first-order valence-corrected chi connectivity index (χ1v) is 13.2. The van der Waals surface area contributed by atoms with Crippen molar-refractivity contribution in [3.8, 4) is 0 Å². The number of hydrogen-bond acceptors (Lipinski definition) is 6. The monoisotopic (exact) mass is 478 g/mol. The maximum atomic E-state index is 5.07. The van der Waals surface area contributed by atoms with Crippen LogP contribution < -0.4 is 15.1 Å². The van der Waals surface area contributed by atoms with Crippen molar-refractivity contribution in [1.29, 1.82) is 0 Å². The van der Waals surface area contributed by atoms with Gasteiger partial charge < -0.3 is 15.1 Å². The van der Waals surface area contributed by atoms with E-state index in [1.54, 1.807) is 0 Å². The third-order valence-electron chi connectivity index (χ3n) is 7.45. The third kappa shape index (κ3) is 5.14. The van der Waals surface area contributed by atoms with E-state index in [0.29, 0.717) is 6.04 Å². The van der Waals surface area contributed by atoms with Crippen molar-refractivity contribution in [2.45, 2.75) is 25.4 Å². The number of fused-ring (bicyclic) bond motifs is 1. The van der Waals surface area contributed by atoms with Crippen LogP contribution in [0, 0.1) is 0 Å². The molecule has 3 aromatic carbocycles. The molecule has 0 saturated carbocycles. The van der Waals surface area contributed by atoms with Crippen molar-refractivity contribution in [2.24, 2.45) is 0 Å². The van der Waals surface area contributed by atoms with Gasteiger partial charge in [-0.2, -0.15) is 4.98 Å². The van der Waals surface area contributed by atoms with Gasteiger partial charge in [0.15, 0.2) is 0 Å². The Kier molecular flexibility index (Phi) is 6.68. The summed E-state index contributed by atoms with van der Waals surface area (Å²) in [6.45, 7) is 7.03. The molecule has 0 bridgehead atoms. The zero-order valence-electron chi connectivity index (χ0n) is 20.8. The first-order valence-electron chi connectivity index (χ1n) is 13.2. The van der Waals surface area contributed by atoms with E-state index in [1.165, 1.54) is 11.3 Å². The predicted molar refractivity (Wildman–Crippen MR) is 149 cm³/mol. The summed E-state index contributed by atoms with van der Waals surface area (Å²) in [4.78, 5) is 17.4. The summed E-state index contributed by atoms with van der Waals surface area (Å²) >= 11 is 0. The molecule has 4 aromatic rings. The molecule has 0 unspecified atom stereocenters. The number of piperazine rings is 1. The van der Waals surface area contributed by atoms with E-state index in [2.05, 4.69) is 105 Å². The number of nitrogens with one attached hydrogen (secondary N) is 1. The number of aromatic nitrogens is 2. The third-order valence-corrected chi connectivity index (χ3v) is 7.45. The molecular weight excluding hydrogens is 444 g/mol. The number of anilines is 3. The molecule has 2 fully saturated rings. The van der Waals surface area contributed by atoms with E-state index in [-0.39, 0.29) is 0 Å². The number of hydrogen-bond donors (Lipinski definition) is 1. The van der Waals surface area contributed by atoms with Crippen LogP contribution in [0.15, 0.2) is 84.9 Å². The molecule has 0 aliphatic carbocycles. The maximum absolute atomic E-state index is 5.07. The second-order valence-corrected chi connectivity index (χ2v) is 9.88. The van der Waals surface area contributed by atoms with E-state index in [9.17, 15) is 0 Å². The molecule has 1 aromatic heterocycles. The standard InChI is InChI=1S/C30H34N6/c1-3-9-24(10-4-1)23-34-17-15-25(16-18-34)31-29-27-13-7-8-14-28(27)32-30(33-29)36-21-19-35(20-22-36)26-11-5-2-6-12-26/h1-14,25H,15-23H2,(H,31,32,33). The molecule has 6 nitrogen and oxygen atoms in total. The number of likely N-dealkylation sites (tertiary alicyclic amines) is 1. The lowest BCUT2D eigenvalue weighted by atomic mass is 10.0. The summed E-state index contributed by atoms with van der Waals surface area (Å²) < 4.78 is 0. The van der Waals surface area contributed by atoms with Crippen LogP contribution in [0.1, 0.15) is 18.4 Å². The summed E-state index contributed by atoms with van der Waals surface area (Å²) in [5.41, 5.74) is 3.69. The quantitative estimate of drug-likeness (QED) is 0.419. The van der Waals surface area contributed by atoms with Crippen LogP contribution in [-0.2, 0) is 6.54 Å². The Morgan fingerprint density at radius 2 is 1.31 bits per heavy atom. The molecule has 36 heavy (non-hydrogen) atoms. The number of benzene rings is 3. The van der Waals surface area contributed by atoms with Crippen LogP contribution in [0.5, 0.6) is 0 Å². The van der Waals surface area contributed by atoms with Gasteiger partial charge >= 0.3 is 0 Å². The molecule has 1 N–H and O–H groups in total. The van der Waals surface area contributed by atoms with Gasteiger partial charge in [0.05, 0.1) is 5.52 Å². The zero-order chi connectivity index (χ0) is 24.2. The molecule has 3 heterocycles. The first-order chi connectivity index (χ1) is 17.8. The van der Waals surface area contributed by atoms with E-state index in [1.807, 2.05) is 0 Å². The minimum Gasteiger partial charge on any atom is -0.368 e. The lowest BCUT2D eigenvalue weighted by molar-refractivity contribution is 0.211. The highest BCUT2D eigenvalue weighted by Crippen LogP contribution is 2.27. The second kappa shape index (κ2) is 10.5. The van der Waals surface area contributed by atoms with Crippen molar-refractivity contribution in [3.05, 3.63) is 90.5 Å². The highest BCUT2D eigenvalue weighted by atomic mass is 15.3. The fourth-order valence-corrected chi connectivity index (χ4v) is 5.39. The van der Waals surface area contributed by atoms with Gasteiger partial charge in [-0.1, -0.05) is 60.7 Å². The first kappa shape index (κ1) is 22.8. The van der Waals surface area contributed by atoms with Crippen molar-refractivity contribution >= 4 is 28.4 Å². The average Bonchev–Trinajstić information content (AvgIpc) is 2.95. The van der Waals surface area contributed by atoms with Gasteiger partial charge in [0.25, 0.3) is 0 Å². The minimum atomic E-state index is 0.429. The van der Waals surface area contributed by atoms with E-state index in [0.717, 1.165) is 81.3 Å². The van der Waals surface area contributed by atoms with Crippen molar-refractivity contribution < 1.29 is 0 Å². The number of piperidine rings is 1. The van der Waals surface area contributed by atoms with Crippen LogP contribution in [0.4, 0.5) is 17.5 Å². The maximum Gasteiger partial charge on any atom is 0.228 e. The summed E-state index contributed by atoms with van der Waals surface area (Å²) in [7, 11) is 0. The molecular formula is C30H34N6. The number of rotatable bonds is 6. The Bertz CT molecular complexity index is 1260. The lowest BCUT2D eigenvalue weighted by Crippen LogP contribution is -2.47. The topological polar surface area (TPSA) is 47.5 Å². The fraction of sp³-hybridized carbons (Fsp3) is 0.333. The van der Waals surface area contributed by atoms with Gasteiger partial charge in [-0.3, -0.25) is 4.90 Å². The molecule has 6 rings (SSSR count). The van der Waals surface area contributed by atoms with E-state index >= 15 is 0 Å². The summed E-state index contributed by atoms with van der Waals surface area (Å²) in [5, 5.41) is 4.91. The van der Waals surface area contributed by atoms with Gasteiger partial charge in [0, 0.05) is 62.9 Å². The zero-order valence-corrected chi connectivity index (χ0v) is 20.8. The number of para-hydroxylation sites is 2. The van der Waals surface area contributed by atoms with E-state index in [4.69, 9.17) is 9.97 Å². The predicted octanol–water partition coefficient (Wildman–Crippen LogP) is 5.03. The Morgan fingerprint density at radius 3 is 2.06 bits per heavy atom. The van der Waals surface area contributed by atoms with Crippen LogP contribution >= 0.6 is 0 Å². The largest absolute Gasteiger partial charge is 0.368 e. The van der Waals surface area contributed by atoms with Gasteiger partial charge in [0.2, 0.25) is 5.95 Å². The minimum absolute atomic E-state index is 0.429. The molecule has 0 spiro atoms. The molecule has 2 saturated heterocycles. The molecule has 184 valence electrons. The van der Waals surface area contributed by atoms with Crippen molar-refractivity contribution in [1.82, 2.24) is 14.9 Å². The molecule has 0 atom stereocenters. The SMILES string of the molecule is c1ccc(CN2CCC(Nc3nc(N4CCN(c5ccccc5)CC4)nc4ccccc34)CC2)cc1. The van der Waals surface area contributed by atoms with Gasteiger partial charge in [0.1, 0.15) is 5.82 Å². The second-order valence-electron chi connectivity index (χ2n) is 9.88. The molecule has 0 radical (unpaired) electrons. The molecule has 6 heteroatoms. The summed E-state index contributed by atoms with van der Waals surface area (Å²) in [6.07, 6.45) is 2.24. The normalized spacial score (nSPS) is 17.4. The van der Waals surface area contributed by atoms with Crippen LogP contribution in [0.25, 0.3) is 10.9 Å². The van der Waals surface area contributed by atoms with Crippen LogP contribution in [0.2, 0.25) is 0 Å². The Labute approximate surface area is 213 Å². The fourth-order valence-electron chi connectivity index (χ4n) is 5.39. The lowest BCUT2D eigenvalue weighted by Gasteiger charge is -2.36. The number of nitrogens with zero attached hydrogens (tertiary/aromatic N) is 5. The van der Waals surface area contributed by atoms with Crippen LogP contribution in [0.3, 0.4) is 0 Å². The van der Waals surface area contributed by atoms with Crippen LogP contribution in [-0.4, -0.2) is 60.2 Å². The molecule has 2 aliphatic heterocycles. The average molecular weight is 479 g/mol. The van der Waals surface area contributed by atoms with Gasteiger partial charge in [-0.15, -0.1) is 0 Å².